The Kier molecular flexibility index (Phi) is 1.99. The van der Waals surface area contributed by atoms with Crippen LogP contribution in [0.15, 0.2) is 30.2 Å². The molecule has 0 spiro atoms. The van der Waals surface area contributed by atoms with Crippen LogP contribution >= 0.6 is 0 Å². The molecule has 0 unspecified atom stereocenters. The van der Waals surface area contributed by atoms with Crippen LogP contribution in [0.3, 0.4) is 0 Å². The van der Waals surface area contributed by atoms with Crippen LogP contribution in [0.4, 0.5) is 5.82 Å². The maximum absolute atomic E-state index is 9.05. The number of rotatable bonds is 1. The molecule has 3 N–H and O–H groups in total. The molecule has 1 aromatic heterocycles. The maximum Gasteiger partial charge on any atom is 0.176 e. The van der Waals surface area contributed by atoms with Gasteiger partial charge in [0.25, 0.3) is 0 Å². The highest BCUT2D eigenvalue weighted by atomic mass is 17.0. The minimum absolute atomic E-state index is 0.105. The van der Waals surface area contributed by atoms with E-state index >= 15 is 0 Å². The molecule has 0 aliphatic carbocycles. The molecule has 0 radical (unpaired) electrons. The van der Waals surface area contributed by atoms with Gasteiger partial charge in [0.1, 0.15) is 0 Å². The molecule has 74 valence electrons. The van der Waals surface area contributed by atoms with Gasteiger partial charge >= 0.3 is 0 Å². The highest BCUT2D eigenvalue weighted by Gasteiger charge is 2.20. The topological polar surface area (TPSA) is 74.9 Å². The zero-order chi connectivity index (χ0) is 10.1. The Morgan fingerprint density at radius 2 is 2.29 bits per heavy atom. The van der Waals surface area contributed by atoms with E-state index in [9.17, 15) is 0 Å². The highest BCUT2D eigenvalue weighted by Crippen LogP contribution is 2.18. The first-order chi connectivity index (χ1) is 6.66. The van der Waals surface area contributed by atoms with E-state index < -0.39 is 0 Å². The lowest BCUT2D eigenvalue weighted by atomic mass is 10.4. The van der Waals surface area contributed by atoms with Crippen LogP contribution in [0, 0.1) is 6.92 Å². The van der Waals surface area contributed by atoms with Gasteiger partial charge in [-0.25, -0.2) is 4.98 Å². The van der Waals surface area contributed by atoms with Gasteiger partial charge in [-0.05, 0) is 19.1 Å². The lowest BCUT2D eigenvalue weighted by Crippen LogP contribution is -2.23. The van der Waals surface area contributed by atoms with Crippen LogP contribution in [0.1, 0.15) is 5.69 Å². The first-order valence-electron chi connectivity index (χ1n) is 4.04. The number of anilines is 1. The SMILES string of the molecule is Cc1cccc(N2C=C(N)N(O)O2)n1. The normalized spacial score (nSPS) is 16.0. The van der Waals surface area contributed by atoms with E-state index in [2.05, 4.69) is 4.98 Å². The van der Waals surface area contributed by atoms with Gasteiger partial charge in [0.05, 0.1) is 6.20 Å². The van der Waals surface area contributed by atoms with Gasteiger partial charge in [-0.1, -0.05) is 11.3 Å². The van der Waals surface area contributed by atoms with Crippen LogP contribution in [0.25, 0.3) is 0 Å². The van der Waals surface area contributed by atoms with Gasteiger partial charge in [0.2, 0.25) is 0 Å². The molecule has 0 atom stereocenters. The molecular weight excluding hydrogens is 184 g/mol. The Hall–Kier alpha value is -1.79. The largest absolute Gasteiger partial charge is 0.380 e. The zero-order valence-corrected chi connectivity index (χ0v) is 7.58. The first-order valence-corrected chi connectivity index (χ1v) is 4.04. The summed E-state index contributed by atoms with van der Waals surface area (Å²) in [6.07, 6.45) is 1.43. The fourth-order valence-electron chi connectivity index (χ4n) is 1.08. The standard InChI is InChI=1S/C8H10N4O2/c1-6-3-2-4-8(10-6)11-5-7(9)12(13)14-11/h2-5,13H,9H2,1H3. The fourth-order valence-corrected chi connectivity index (χ4v) is 1.08. The number of hydroxylamine groups is 3. The number of nitrogens with two attached hydrogens (primary N) is 1. The molecule has 6 nitrogen and oxygen atoms in total. The molecule has 0 aromatic carbocycles. The summed E-state index contributed by atoms with van der Waals surface area (Å²) in [7, 11) is 0. The Morgan fingerprint density at radius 1 is 1.50 bits per heavy atom. The molecule has 1 aromatic rings. The molecular formula is C8H10N4O2. The van der Waals surface area contributed by atoms with Crippen molar-refractivity contribution in [1.82, 2.24) is 10.2 Å². The third kappa shape index (κ3) is 1.48. The number of hydrogen-bond donors (Lipinski definition) is 2. The number of aromatic nitrogens is 1. The number of pyridine rings is 1. The fraction of sp³-hybridized carbons (Fsp3) is 0.125. The molecule has 0 saturated heterocycles. The monoisotopic (exact) mass is 194 g/mol. The average Bonchev–Trinajstić information content (AvgIpc) is 2.47. The van der Waals surface area contributed by atoms with E-state index in [1.807, 2.05) is 19.1 Å². The van der Waals surface area contributed by atoms with Crippen molar-refractivity contribution in [1.29, 1.82) is 0 Å². The summed E-state index contributed by atoms with van der Waals surface area (Å²) >= 11 is 0. The van der Waals surface area contributed by atoms with Crippen LogP contribution in [-0.4, -0.2) is 15.4 Å². The van der Waals surface area contributed by atoms with E-state index in [1.54, 1.807) is 6.07 Å². The molecule has 2 rings (SSSR count). The van der Waals surface area contributed by atoms with Gasteiger partial charge in [-0.2, -0.15) is 5.06 Å². The molecule has 6 heteroatoms. The minimum atomic E-state index is 0.105. The summed E-state index contributed by atoms with van der Waals surface area (Å²) in [5, 5.41) is 10.8. The van der Waals surface area contributed by atoms with Crippen molar-refractivity contribution in [3.05, 3.63) is 35.9 Å². The molecule has 0 bridgehead atoms. The molecule has 1 aliphatic rings. The Morgan fingerprint density at radius 3 is 2.86 bits per heavy atom. The van der Waals surface area contributed by atoms with Gasteiger partial charge in [-0.3, -0.25) is 5.21 Å². The van der Waals surface area contributed by atoms with E-state index in [0.717, 1.165) is 5.69 Å². The lowest BCUT2D eigenvalue weighted by Gasteiger charge is -2.14. The van der Waals surface area contributed by atoms with Crippen molar-refractivity contribution >= 4 is 5.82 Å². The third-order valence-electron chi connectivity index (χ3n) is 1.74. The predicted molar refractivity (Wildman–Crippen MR) is 48.4 cm³/mol. The number of hydrogen-bond acceptors (Lipinski definition) is 6. The van der Waals surface area contributed by atoms with Crippen molar-refractivity contribution in [2.45, 2.75) is 6.92 Å². The summed E-state index contributed by atoms with van der Waals surface area (Å²) in [5.41, 5.74) is 6.24. The first kappa shape index (κ1) is 8.79. The molecule has 0 amide bonds. The minimum Gasteiger partial charge on any atom is -0.380 e. The van der Waals surface area contributed by atoms with Gasteiger partial charge in [0, 0.05) is 5.69 Å². The second-order valence-corrected chi connectivity index (χ2v) is 2.87. The molecule has 0 saturated carbocycles. The van der Waals surface area contributed by atoms with E-state index in [-0.39, 0.29) is 5.82 Å². The molecule has 1 aliphatic heterocycles. The van der Waals surface area contributed by atoms with Gasteiger partial charge in [0.15, 0.2) is 11.6 Å². The predicted octanol–water partition coefficient (Wildman–Crippen LogP) is 0.505. The Balaban J connectivity index is 2.26. The lowest BCUT2D eigenvalue weighted by molar-refractivity contribution is -0.304. The van der Waals surface area contributed by atoms with Crippen molar-refractivity contribution < 1.29 is 10.1 Å². The van der Waals surface area contributed by atoms with E-state index in [4.69, 9.17) is 15.9 Å². The third-order valence-corrected chi connectivity index (χ3v) is 1.74. The van der Waals surface area contributed by atoms with Gasteiger partial charge in [-0.15, -0.1) is 4.94 Å². The van der Waals surface area contributed by atoms with E-state index in [1.165, 1.54) is 11.3 Å². The summed E-state index contributed by atoms with van der Waals surface area (Å²) in [6.45, 7) is 1.86. The summed E-state index contributed by atoms with van der Waals surface area (Å²) in [6, 6.07) is 5.45. The molecule has 0 fully saturated rings. The maximum atomic E-state index is 9.05. The molecule has 2 heterocycles. The van der Waals surface area contributed by atoms with Crippen LogP contribution < -0.4 is 10.8 Å². The Bertz CT molecular complexity index is 379. The van der Waals surface area contributed by atoms with Crippen molar-refractivity contribution in [2.75, 3.05) is 5.06 Å². The van der Waals surface area contributed by atoms with Crippen molar-refractivity contribution in [3.8, 4) is 0 Å². The Labute approximate surface area is 80.7 Å². The second-order valence-electron chi connectivity index (χ2n) is 2.87. The van der Waals surface area contributed by atoms with Gasteiger partial charge < -0.3 is 5.73 Å². The van der Waals surface area contributed by atoms with E-state index in [0.29, 0.717) is 11.0 Å². The van der Waals surface area contributed by atoms with Crippen LogP contribution in [0.5, 0.6) is 0 Å². The average molecular weight is 194 g/mol. The highest BCUT2D eigenvalue weighted by molar-refractivity contribution is 5.40. The second kappa shape index (κ2) is 3.17. The van der Waals surface area contributed by atoms with Crippen molar-refractivity contribution in [3.63, 3.8) is 0 Å². The van der Waals surface area contributed by atoms with Crippen molar-refractivity contribution in [2.24, 2.45) is 5.73 Å². The van der Waals surface area contributed by atoms with Crippen LogP contribution in [-0.2, 0) is 4.94 Å². The summed E-state index contributed by atoms with van der Waals surface area (Å²) in [4.78, 5) is 9.04. The number of aryl methyl sites for hydroxylation is 1. The summed E-state index contributed by atoms with van der Waals surface area (Å²) in [5.74, 6) is 0.665. The molecule has 14 heavy (non-hydrogen) atoms. The summed E-state index contributed by atoms with van der Waals surface area (Å²) < 4.78 is 0. The quantitative estimate of drug-likeness (QED) is 0.678. The zero-order valence-electron chi connectivity index (χ0n) is 7.58. The number of nitrogens with zero attached hydrogens (tertiary/aromatic N) is 3. The van der Waals surface area contributed by atoms with Crippen LogP contribution in [0.2, 0.25) is 0 Å². The smallest absolute Gasteiger partial charge is 0.176 e.